The molecule has 0 aliphatic carbocycles. The Morgan fingerprint density at radius 3 is 2.71 bits per heavy atom. The first-order valence-corrected chi connectivity index (χ1v) is 7.74. The minimum atomic E-state index is -0.495. The number of piperidine rings is 1. The van der Waals surface area contributed by atoms with Gasteiger partial charge in [0.25, 0.3) is 11.6 Å². The largest absolute Gasteiger partial charge is 0.489 e. The van der Waals surface area contributed by atoms with E-state index in [0.29, 0.717) is 18.7 Å². The summed E-state index contributed by atoms with van der Waals surface area (Å²) in [7, 11) is 0. The van der Waals surface area contributed by atoms with Crippen molar-refractivity contribution in [3.63, 3.8) is 0 Å². The van der Waals surface area contributed by atoms with Gasteiger partial charge in [0.05, 0.1) is 11.1 Å². The molecule has 1 aromatic carbocycles. The van der Waals surface area contributed by atoms with Crippen LogP contribution in [0.15, 0.2) is 48.8 Å². The van der Waals surface area contributed by atoms with Crippen molar-refractivity contribution >= 4 is 11.6 Å². The van der Waals surface area contributed by atoms with Crippen LogP contribution in [0.1, 0.15) is 23.2 Å². The van der Waals surface area contributed by atoms with Gasteiger partial charge in [0.15, 0.2) is 0 Å². The number of amides is 1. The number of non-ortho nitro benzene ring substituents is 1. The number of nitrogens with zero attached hydrogens (tertiary/aromatic N) is 3. The highest BCUT2D eigenvalue weighted by Crippen LogP contribution is 2.20. The molecule has 1 fully saturated rings. The van der Waals surface area contributed by atoms with Gasteiger partial charge >= 0.3 is 0 Å². The van der Waals surface area contributed by atoms with Crippen molar-refractivity contribution in [1.29, 1.82) is 0 Å². The predicted molar refractivity (Wildman–Crippen MR) is 86.9 cm³/mol. The van der Waals surface area contributed by atoms with E-state index in [0.717, 1.165) is 18.6 Å². The number of benzene rings is 1. The van der Waals surface area contributed by atoms with E-state index in [4.69, 9.17) is 4.74 Å². The topological polar surface area (TPSA) is 85.6 Å². The van der Waals surface area contributed by atoms with E-state index in [2.05, 4.69) is 4.98 Å². The van der Waals surface area contributed by atoms with Crippen LogP contribution < -0.4 is 4.74 Å². The third-order valence-electron chi connectivity index (χ3n) is 3.97. The molecule has 1 saturated heterocycles. The molecule has 0 radical (unpaired) electrons. The Kier molecular flexibility index (Phi) is 4.69. The molecule has 0 saturated carbocycles. The van der Waals surface area contributed by atoms with Crippen molar-refractivity contribution in [2.24, 2.45) is 0 Å². The SMILES string of the molecule is O=C(c1cccc([N+](=O)[O-])c1)N1CCC(Oc2cccnc2)CC1. The normalized spacial score (nSPS) is 15.1. The predicted octanol–water partition coefficient (Wildman–Crippen LogP) is 2.67. The first kappa shape index (κ1) is 15.9. The molecule has 0 atom stereocenters. The van der Waals surface area contributed by atoms with E-state index in [1.165, 1.54) is 18.2 Å². The van der Waals surface area contributed by atoms with E-state index in [9.17, 15) is 14.9 Å². The van der Waals surface area contributed by atoms with E-state index in [1.54, 1.807) is 23.4 Å². The van der Waals surface area contributed by atoms with Gasteiger partial charge in [-0.2, -0.15) is 0 Å². The van der Waals surface area contributed by atoms with Crippen LogP contribution in [0.25, 0.3) is 0 Å². The highest BCUT2D eigenvalue weighted by atomic mass is 16.6. The molecule has 124 valence electrons. The summed E-state index contributed by atoms with van der Waals surface area (Å²) in [6.07, 6.45) is 4.84. The molecule has 0 bridgehead atoms. The second-order valence-electron chi connectivity index (χ2n) is 5.61. The fourth-order valence-corrected chi connectivity index (χ4v) is 2.72. The fraction of sp³-hybridized carbons (Fsp3) is 0.294. The van der Waals surface area contributed by atoms with Crippen LogP contribution in [0.3, 0.4) is 0 Å². The number of nitro groups is 1. The van der Waals surface area contributed by atoms with Crippen LogP contribution in [0.5, 0.6) is 5.75 Å². The summed E-state index contributed by atoms with van der Waals surface area (Å²) in [5, 5.41) is 10.8. The Labute approximate surface area is 139 Å². The van der Waals surface area contributed by atoms with Crippen LogP contribution in [0, 0.1) is 10.1 Å². The first-order valence-electron chi connectivity index (χ1n) is 7.74. The number of aromatic nitrogens is 1. The van der Waals surface area contributed by atoms with Crippen LogP contribution in [0.4, 0.5) is 5.69 Å². The summed E-state index contributed by atoms with van der Waals surface area (Å²) >= 11 is 0. The number of hydrogen-bond acceptors (Lipinski definition) is 5. The van der Waals surface area contributed by atoms with Crippen LogP contribution in [-0.2, 0) is 0 Å². The maximum absolute atomic E-state index is 12.5. The summed E-state index contributed by atoms with van der Waals surface area (Å²) in [4.78, 5) is 28.5. The lowest BCUT2D eigenvalue weighted by Gasteiger charge is -2.32. The zero-order valence-electron chi connectivity index (χ0n) is 13.0. The van der Waals surface area contributed by atoms with Gasteiger partial charge in [-0.3, -0.25) is 19.9 Å². The van der Waals surface area contributed by atoms with Gasteiger partial charge < -0.3 is 9.64 Å². The van der Waals surface area contributed by atoms with Gasteiger partial charge in [0.1, 0.15) is 11.9 Å². The summed E-state index contributed by atoms with van der Waals surface area (Å²) < 4.78 is 5.85. The Morgan fingerprint density at radius 2 is 2.04 bits per heavy atom. The number of rotatable bonds is 4. The molecule has 7 heteroatoms. The molecule has 1 aromatic heterocycles. The molecule has 1 amide bonds. The molecule has 7 nitrogen and oxygen atoms in total. The molecule has 2 heterocycles. The van der Waals surface area contributed by atoms with Gasteiger partial charge in [-0.15, -0.1) is 0 Å². The minimum Gasteiger partial charge on any atom is -0.489 e. The van der Waals surface area contributed by atoms with Crippen molar-refractivity contribution in [2.45, 2.75) is 18.9 Å². The van der Waals surface area contributed by atoms with E-state index >= 15 is 0 Å². The van der Waals surface area contributed by atoms with Gasteiger partial charge in [-0.05, 0) is 18.2 Å². The van der Waals surface area contributed by atoms with Crippen molar-refractivity contribution in [3.05, 3.63) is 64.5 Å². The van der Waals surface area contributed by atoms with E-state index in [-0.39, 0.29) is 17.7 Å². The summed E-state index contributed by atoms with van der Waals surface area (Å²) in [5.74, 6) is 0.541. The van der Waals surface area contributed by atoms with Crippen molar-refractivity contribution in [2.75, 3.05) is 13.1 Å². The second kappa shape index (κ2) is 7.08. The number of ether oxygens (including phenoxy) is 1. The molecule has 0 unspecified atom stereocenters. The Morgan fingerprint density at radius 1 is 1.25 bits per heavy atom. The van der Waals surface area contributed by atoms with Crippen molar-refractivity contribution in [1.82, 2.24) is 9.88 Å². The molecule has 2 aromatic rings. The Bertz CT molecular complexity index is 728. The molecule has 24 heavy (non-hydrogen) atoms. The molecule has 1 aliphatic heterocycles. The lowest BCUT2D eigenvalue weighted by molar-refractivity contribution is -0.384. The Balaban J connectivity index is 1.59. The highest BCUT2D eigenvalue weighted by Gasteiger charge is 2.25. The average Bonchev–Trinajstić information content (AvgIpc) is 2.63. The number of nitro benzene ring substituents is 1. The third-order valence-corrected chi connectivity index (χ3v) is 3.97. The zero-order chi connectivity index (χ0) is 16.9. The molecular weight excluding hydrogens is 310 g/mol. The number of carbonyl (C=O) groups is 1. The Hall–Kier alpha value is -2.96. The summed E-state index contributed by atoms with van der Waals surface area (Å²) in [6, 6.07) is 9.51. The lowest BCUT2D eigenvalue weighted by atomic mass is 10.1. The van der Waals surface area contributed by atoms with Gasteiger partial charge in [0, 0.05) is 49.8 Å². The quantitative estimate of drug-likeness (QED) is 0.636. The number of likely N-dealkylation sites (tertiary alicyclic amines) is 1. The molecule has 3 rings (SSSR count). The van der Waals surface area contributed by atoms with Crippen molar-refractivity contribution in [3.8, 4) is 5.75 Å². The van der Waals surface area contributed by atoms with Crippen LogP contribution in [-0.4, -0.2) is 39.9 Å². The molecule has 1 aliphatic rings. The van der Waals surface area contributed by atoms with Crippen LogP contribution >= 0.6 is 0 Å². The smallest absolute Gasteiger partial charge is 0.270 e. The lowest BCUT2D eigenvalue weighted by Crippen LogP contribution is -2.41. The summed E-state index contributed by atoms with van der Waals surface area (Å²) in [6.45, 7) is 1.12. The van der Waals surface area contributed by atoms with Gasteiger partial charge in [0.2, 0.25) is 0 Å². The number of carbonyl (C=O) groups excluding carboxylic acids is 1. The zero-order valence-corrected chi connectivity index (χ0v) is 13.0. The molecule has 0 spiro atoms. The monoisotopic (exact) mass is 327 g/mol. The maximum atomic E-state index is 12.5. The number of pyridine rings is 1. The van der Waals surface area contributed by atoms with Gasteiger partial charge in [-0.1, -0.05) is 6.07 Å². The van der Waals surface area contributed by atoms with Crippen LogP contribution in [0.2, 0.25) is 0 Å². The molecular formula is C17H17N3O4. The second-order valence-corrected chi connectivity index (χ2v) is 5.61. The van der Waals surface area contributed by atoms with Gasteiger partial charge in [-0.25, -0.2) is 0 Å². The summed E-state index contributed by atoms with van der Waals surface area (Å²) in [5.41, 5.74) is 0.270. The minimum absolute atomic E-state index is 0.0448. The fourth-order valence-electron chi connectivity index (χ4n) is 2.72. The first-order chi connectivity index (χ1) is 11.6. The average molecular weight is 327 g/mol. The maximum Gasteiger partial charge on any atom is 0.270 e. The van der Waals surface area contributed by atoms with Crippen molar-refractivity contribution < 1.29 is 14.5 Å². The molecule has 0 N–H and O–H groups in total. The highest BCUT2D eigenvalue weighted by molar-refractivity contribution is 5.94. The van der Waals surface area contributed by atoms with E-state index < -0.39 is 4.92 Å². The third kappa shape index (κ3) is 3.68. The standard InChI is InChI=1S/C17H17N3O4/c21-17(13-3-1-4-14(11-13)20(22)23)19-9-6-15(7-10-19)24-16-5-2-8-18-12-16/h1-5,8,11-12,15H,6-7,9-10H2. The van der Waals surface area contributed by atoms with E-state index in [1.807, 2.05) is 12.1 Å². The number of hydrogen-bond donors (Lipinski definition) is 0.